The van der Waals surface area contributed by atoms with Gasteiger partial charge in [-0.2, -0.15) is 0 Å². The van der Waals surface area contributed by atoms with Gasteiger partial charge in [0.1, 0.15) is 6.10 Å². The summed E-state index contributed by atoms with van der Waals surface area (Å²) in [4.78, 5) is 10.9. The third-order valence-corrected chi connectivity index (χ3v) is 3.21. The topological polar surface area (TPSA) is 44.8 Å². The molecule has 0 rings (SSSR count). The lowest BCUT2D eigenvalue weighted by Crippen LogP contribution is -2.17. The van der Waals surface area contributed by atoms with Crippen LogP contribution in [0.25, 0.3) is 0 Å². The fourth-order valence-corrected chi connectivity index (χ4v) is 2.20. The molecule has 0 heterocycles. The van der Waals surface area contributed by atoms with E-state index in [0.717, 1.165) is 32.1 Å². The largest absolute Gasteiger partial charge is 0.463 e. The fourth-order valence-electron chi connectivity index (χ4n) is 2.20. The zero-order chi connectivity index (χ0) is 15.2. The third kappa shape index (κ3) is 11.2. The van der Waals surface area contributed by atoms with Gasteiger partial charge in [0.25, 0.3) is 0 Å². The zero-order valence-electron chi connectivity index (χ0n) is 13.7. The van der Waals surface area contributed by atoms with Crippen molar-refractivity contribution in [1.82, 2.24) is 0 Å². The van der Waals surface area contributed by atoms with E-state index in [-0.39, 0.29) is 18.4 Å². The summed E-state index contributed by atoms with van der Waals surface area (Å²) in [6.45, 7) is 8.92. The Bertz CT molecular complexity index is 225. The maximum absolute atomic E-state index is 10.9. The van der Waals surface area contributed by atoms with Gasteiger partial charge in [-0.1, -0.05) is 19.8 Å². The van der Waals surface area contributed by atoms with Crippen LogP contribution in [-0.2, 0) is 19.0 Å². The summed E-state index contributed by atoms with van der Waals surface area (Å²) >= 11 is 0. The molecule has 1 atom stereocenters. The highest BCUT2D eigenvalue weighted by Gasteiger charge is 2.09. The van der Waals surface area contributed by atoms with Gasteiger partial charge in [-0.25, -0.2) is 0 Å². The number of unbranched alkanes of at least 4 members (excludes halogenated alkanes) is 3. The Morgan fingerprint density at radius 3 is 1.90 bits per heavy atom. The predicted octanol–water partition coefficient (Wildman–Crippen LogP) is 4.07. The van der Waals surface area contributed by atoms with E-state index >= 15 is 0 Å². The Balaban J connectivity index is 3.57. The molecule has 0 spiro atoms. The minimum atomic E-state index is -0.173. The lowest BCUT2D eigenvalue weighted by atomic mass is 10.1. The molecule has 4 heteroatoms. The number of hydrogen-bond donors (Lipinski definition) is 0. The molecule has 0 fully saturated rings. The van der Waals surface area contributed by atoms with Crippen molar-refractivity contribution < 1.29 is 19.0 Å². The van der Waals surface area contributed by atoms with Crippen LogP contribution < -0.4 is 0 Å². The lowest BCUT2D eigenvalue weighted by Gasteiger charge is -2.17. The molecule has 0 aromatic carbocycles. The van der Waals surface area contributed by atoms with Crippen molar-refractivity contribution in [2.24, 2.45) is 0 Å². The normalized spacial score (nSPS) is 12.7. The highest BCUT2D eigenvalue weighted by atomic mass is 16.7. The first kappa shape index (κ1) is 19.4. The second-order valence-corrected chi connectivity index (χ2v) is 4.97. The monoisotopic (exact) mass is 288 g/mol. The van der Waals surface area contributed by atoms with Gasteiger partial charge >= 0.3 is 5.97 Å². The van der Waals surface area contributed by atoms with Crippen molar-refractivity contribution in [1.29, 1.82) is 0 Å². The number of rotatable bonds is 13. The predicted molar refractivity (Wildman–Crippen MR) is 80.6 cm³/mol. The van der Waals surface area contributed by atoms with Gasteiger partial charge in [-0.15, -0.1) is 0 Å². The first-order valence-corrected chi connectivity index (χ1v) is 8.04. The highest BCUT2D eigenvalue weighted by molar-refractivity contribution is 5.66. The van der Waals surface area contributed by atoms with Crippen molar-refractivity contribution in [3.8, 4) is 0 Å². The zero-order valence-corrected chi connectivity index (χ0v) is 13.7. The number of hydrogen-bond acceptors (Lipinski definition) is 4. The molecular formula is C16H32O4. The molecule has 0 saturated carbocycles. The summed E-state index contributed by atoms with van der Waals surface area (Å²) in [6.07, 6.45) is 7.45. The molecule has 20 heavy (non-hydrogen) atoms. The van der Waals surface area contributed by atoms with Crippen LogP contribution in [0.1, 0.15) is 72.6 Å². The molecule has 0 aliphatic carbocycles. The van der Waals surface area contributed by atoms with Crippen LogP contribution in [0.15, 0.2) is 0 Å². The van der Waals surface area contributed by atoms with Gasteiger partial charge in [-0.3, -0.25) is 4.79 Å². The van der Waals surface area contributed by atoms with Crippen molar-refractivity contribution in [3.05, 3.63) is 0 Å². The van der Waals surface area contributed by atoms with Crippen molar-refractivity contribution in [2.75, 3.05) is 13.2 Å². The molecule has 0 aliphatic heterocycles. The van der Waals surface area contributed by atoms with Crippen LogP contribution in [-0.4, -0.2) is 31.6 Å². The maximum atomic E-state index is 10.9. The smallest absolute Gasteiger partial charge is 0.302 e. The van der Waals surface area contributed by atoms with E-state index in [1.807, 2.05) is 13.8 Å². The van der Waals surface area contributed by atoms with Crippen LogP contribution in [0.5, 0.6) is 0 Å². The van der Waals surface area contributed by atoms with E-state index in [1.165, 1.54) is 19.8 Å². The molecule has 0 N–H and O–H groups in total. The molecular weight excluding hydrogens is 256 g/mol. The summed E-state index contributed by atoms with van der Waals surface area (Å²) in [7, 11) is 0. The number of esters is 1. The summed E-state index contributed by atoms with van der Waals surface area (Å²) in [5, 5.41) is 0. The molecule has 0 radical (unpaired) electrons. The first-order valence-electron chi connectivity index (χ1n) is 8.04. The number of ether oxygens (including phenoxy) is 3. The summed E-state index contributed by atoms with van der Waals surface area (Å²) < 4.78 is 16.2. The van der Waals surface area contributed by atoms with E-state index < -0.39 is 0 Å². The fraction of sp³-hybridized carbons (Fsp3) is 0.938. The minimum absolute atomic E-state index is 0.0468. The Morgan fingerprint density at radius 2 is 1.45 bits per heavy atom. The second-order valence-electron chi connectivity index (χ2n) is 4.97. The molecule has 0 bridgehead atoms. The van der Waals surface area contributed by atoms with Gasteiger partial charge in [0.15, 0.2) is 6.29 Å². The van der Waals surface area contributed by atoms with Gasteiger partial charge in [0, 0.05) is 20.1 Å². The molecule has 1 unspecified atom stereocenters. The van der Waals surface area contributed by atoms with E-state index in [0.29, 0.717) is 13.2 Å². The molecule has 0 aromatic heterocycles. The Labute approximate surface area is 124 Å². The molecule has 0 aromatic rings. The first-order chi connectivity index (χ1) is 9.63. The maximum Gasteiger partial charge on any atom is 0.302 e. The van der Waals surface area contributed by atoms with Gasteiger partial charge in [0.2, 0.25) is 0 Å². The van der Waals surface area contributed by atoms with Crippen LogP contribution in [0, 0.1) is 0 Å². The SMILES string of the molecule is CCOC(CCCCCCC(CC)OC(C)=O)OCC. The van der Waals surface area contributed by atoms with Gasteiger partial charge in [-0.05, 0) is 46.0 Å². The Morgan fingerprint density at radius 1 is 0.900 bits per heavy atom. The molecule has 4 nitrogen and oxygen atoms in total. The standard InChI is InChI=1S/C16H32O4/c1-5-15(20-14(4)17)12-10-8-9-11-13-16(18-6-2)19-7-3/h15-16H,5-13H2,1-4H3. The van der Waals surface area contributed by atoms with E-state index in [4.69, 9.17) is 14.2 Å². The van der Waals surface area contributed by atoms with Crippen LogP contribution in [0.3, 0.4) is 0 Å². The van der Waals surface area contributed by atoms with E-state index in [9.17, 15) is 4.79 Å². The van der Waals surface area contributed by atoms with Crippen LogP contribution in [0.4, 0.5) is 0 Å². The number of carbonyl (C=O) groups is 1. The van der Waals surface area contributed by atoms with Gasteiger partial charge in [0.05, 0.1) is 0 Å². The van der Waals surface area contributed by atoms with Crippen molar-refractivity contribution in [2.45, 2.75) is 85.0 Å². The molecule has 120 valence electrons. The second kappa shape index (κ2) is 13.4. The lowest BCUT2D eigenvalue weighted by molar-refractivity contribution is -0.146. The van der Waals surface area contributed by atoms with E-state index in [1.54, 1.807) is 0 Å². The molecule has 0 saturated heterocycles. The molecule has 0 amide bonds. The summed E-state index contributed by atoms with van der Waals surface area (Å²) in [5.41, 5.74) is 0. The van der Waals surface area contributed by atoms with E-state index in [2.05, 4.69) is 6.92 Å². The van der Waals surface area contributed by atoms with Crippen molar-refractivity contribution >= 4 is 5.97 Å². The van der Waals surface area contributed by atoms with Crippen molar-refractivity contribution in [3.63, 3.8) is 0 Å². The average Bonchev–Trinajstić information content (AvgIpc) is 2.41. The summed E-state index contributed by atoms with van der Waals surface area (Å²) in [5.74, 6) is -0.173. The third-order valence-electron chi connectivity index (χ3n) is 3.21. The van der Waals surface area contributed by atoms with Gasteiger partial charge < -0.3 is 14.2 Å². The quantitative estimate of drug-likeness (QED) is 0.291. The summed E-state index contributed by atoms with van der Waals surface area (Å²) in [6, 6.07) is 0. The van der Waals surface area contributed by atoms with Crippen LogP contribution in [0.2, 0.25) is 0 Å². The van der Waals surface area contributed by atoms with Crippen LogP contribution >= 0.6 is 0 Å². The highest BCUT2D eigenvalue weighted by Crippen LogP contribution is 2.14. The Hall–Kier alpha value is -0.610. The average molecular weight is 288 g/mol. The number of carbonyl (C=O) groups excluding carboxylic acids is 1. The molecule has 0 aliphatic rings. The Kier molecular flexibility index (Phi) is 13.0. The minimum Gasteiger partial charge on any atom is -0.463 e.